The molecule has 5 aliphatic carbocycles. The summed E-state index contributed by atoms with van der Waals surface area (Å²) in [7, 11) is 0. The highest BCUT2D eigenvalue weighted by atomic mass is 14.8. The van der Waals surface area contributed by atoms with Crippen LogP contribution in [0.25, 0.3) is 0 Å². The van der Waals surface area contributed by atoms with Crippen molar-refractivity contribution in [3.05, 3.63) is 12.2 Å². The van der Waals surface area contributed by atoms with Gasteiger partial charge in [0.2, 0.25) is 0 Å². The van der Waals surface area contributed by atoms with Gasteiger partial charge in [0, 0.05) is 0 Å². The Morgan fingerprint density at radius 2 is 1.86 bits per heavy atom. The molecule has 0 heterocycles. The summed E-state index contributed by atoms with van der Waals surface area (Å²) in [5.41, 5.74) is 0.923. The summed E-state index contributed by atoms with van der Waals surface area (Å²) < 4.78 is 0. The molecule has 4 saturated carbocycles. The van der Waals surface area contributed by atoms with Crippen molar-refractivity contribution in [2.45, 2.75) is 32.1 Å². The largest absolute Gasteiger partial charge is 0.0810 e. The number of allylic oxidation sites excluding steroid dienone is 2. The van der Waals surface area contributed by atoms with Crippen LogP contribution in [-0.4, -0.2) is 0 Å². The SMILES string of the molecule is C1=CC1CCC12CC1C1CC3C1CC32. The Labute approximate surface area is 85.8 Å². The third-order valence-electron chi connectivity index (χ3n) is 6.53. The van der Waals surface area contributed by atoms with Crippen LogP contribution in [0, 0.1) is 40.9 Å². The van der Waals surface area contributed by atoms with E-state index in [1.165, 1.54) is 36.0 Å². The van der Waals surface area contributed by atoms with Crippen molar-refractivity contribution >= 4 is 0 Å². The second kappa shape index (κ2) is 1.86. The van der Waals surface area contributed by atoms with Crippen LogP contribution in [0.2, 0.25) is 0 Å². The van der Waals surface area contributed by atoms with Crippen LogP contribution in [0.1, 0.15) is 32.1 Å². The molecule has 0 N–H and O–H groups in total. The molecule has 6 atom stereocenters. The second-order valence-electron chi connectivity index (χ2n) is 6.70. The van der Waals surface area contributed by atoms with Crippen LogP contribution >= 0.6 is 0 Å². The van der Waals surface area contributed by atoms with Crippen LogP contribution in [0.3, 0.4) is 0 Å². The molecule has 0 nitrogen and oxygen atoms in total. The van der Waals surface area contributed by atoms with Gasteiger partial charge in [-0.05, 0) is 73.0 Å². The molecule has 4 bridgehead atoms. The van der Waals surface area contributed by atoms with Gasteiger partial charge >= 0.3 is 0 Å². The summed E-state index contributed by atoms with van der Waals surface area (Å²) in [6, 6.07) is 0. The lowest BCUT2D eigenvalue weighted by atomic mass is 9.38. The number of hydrogen-bond donors (Lipinski definition) is 0. The second-order valence-corrected chi connectivity index (χ2v) is 6.70. The molecule has 74 valence electrons. The Hall–Kier alpha value is -0.260. The maximum Gasteiger partial charge on any atom is -0.00529 e. The van der Waals surface area contributed by atoms with E-state index in [4.69, 9.17) is 0 Å². The molecule has 0 aromatic rings. The molecular weight excluding hydrogens is 168 g/mol. The van der Waals surface area contributed by atoms with Crippen LogP contribution in [0.5, 0.6) is 0 Å². The van der Waals surface area contributed by atoms with Crippen molar-refractivity contribution in [2.24, 2.45) is 40.9 Å². The first kappa shape index (κ1) is 7.09. The van der Waals surface area contributed by atoms with Gasteiger partial charge in [-0.15, -0.1) is 0 Å². The third kappa shape index (κ3) is 0.594. The first-order chi connectivity index (χ1) is 6.88. The van der Waals surface area contributed by atoms with Crippen molar-refractivity contribution in [1.29, 1.82) is 0 Å². The Morgan fingerprint density at radius 3 is 2.50 bits per heavy atom. The number of rotatable bonds is 3. The van der Waals surface area contributed by atoms with Crippen molar-refractivity contribution in [3.63, 3.8) is 0 Å². The van der Waals surface area contributed by atoms with E-state index < -0.39 is 0 Å². The summed E-state index contributed by atoms with van der Waals surface area (Å²) in [4.78, 5) is 0. The molecule has 0 radical (unpaired) electrons. The zero-order valence-electron chi connectivity index (χ0n) is 8.65. The minimum atomic E-state index is 0.923. The zero-order chi connectivity index (χ0) is 8.91. The predicted octanol–water partition coefficient (Wildman–Crippen LogP) is 3.24. The van der Waals surface area contributed by atoms with Crippen LogP contribution in [0.15, 0.2) is 12.2 Å². The highest BCUT2D eigenvalue weighted by Crippen LogP contribution is 2.84. The summed E-state index contributed by atoms with van der Waals surface area (Å²) in [5.74, 6) is 7.04. The van der Waals surface area contributed by atoms with Gasteiger partial charge in [-0.1, -0.05) is 12.2 Å². The van der Waals surface area contributed by atoms with Crippen molar-refractivity contribution in [3.8, 4) is 0 Å². The fourth-order valence-corrected chi connectivity index (χ4v) is 5.53. The van der Waals surface area contributed by atoms with E-state index in [1.54, 1.807) is 25.7 Å². The maximum atomic E-state index is 2.39. The van der Waals surface area contributed by atoms with Crippen LogP contribution < -0.4 is 0 Å². The topological polar surface area (TPSA) is 0 Å². The maximum absolute atomic E-state index is 2.39. The summed E-state index contributed by atoms with van der Waals surface area (Å²) in [6.45, 7) is 0. The predicted molar refractivity (Wildman–Crippen MR) is 55.6 cm³/mol. The average molecular weight is 186 g/mol. The Kier molecular flexibility index (Phi) is 0.941. The molecule has 0 saturated heterocycles. The normalized spacial score (nSPS) is 65.3. The molecule has 0 aromatic heterocycles. The van der Waals surface area contributed by atoms with E-state index in [1.807, 2.05) is 0 Å². The van der Waals surface area contributed by atoms with Gasteiger partial charge in [-0.3, -0.25) is 0 Å². The quantitative estimate of drug-likeness (QED) is 0.593. The lowest BCUT2D eigenvalue weighted by Gasteiger charge is -2.66. The molecule has 0 amide bonds. The van der Waals surface area contributed by atoms with Crippen molar-refractivity contribution < 1.29 is 0 Å². The molecule has 14 heavy (non-hydrogen) atoms. The summed E-state index contributed by atoms with van der Waals surface area (Å²) in [5, 5.41) is 0. The lowest BCUT2D eigenvalue weighted by molar-refractivity contribution is -0.182. The van der Waals surface area contributed by atoms with E-state index in [2.05, 4.69) is 12.2 Å². The van der Waals surface area contributed by atoms with Gasteiger partial charge in [0.15, 0.2) is 0 Å². The molecule has 4 fully saturated rings. The molecule has 0 heteroatoms. The monoisotopic (exact) mass is 186 g/mol. The van der Waals surface area contributed by atoms with E-state index in [0.717, 1.165) is 11.3 Å². The minimum Gasteiger partial charge on any atom is -0.0810 e. The van der Waals surface area contributed by atoms with Gasteiger partial charge in [0.05, 0.1) is 0 Å². The van der Waals surface area contributed by atoms with Crippen LogP contribution in [-0.2, 0) is 0 Å². The highest BCUT2D eigenvalue weighted by Gasteiger charge is 2.77. The fraction of sp³-hybridized carbons (Fsp3) is 0.857. The van der Waals surface area contributed by atoms with Gasteiger partial charge in [-0.25, -0.2) is 0 Å². The summed E-state index contributed by atoms with van der Waals surface area (Å²) >= 11 is 0. The molecule has 0 spiro atoms. The molecular formula is C14H18. The fourth-order valence-electron chi connectivity index (χ4n) is 5.53. The van der Waals surface area contributed by atoms with Gasteiger partial charge in [0.1, 0.15) is 0 Å². The summed E-state index contributed by atoms with van der Waals surface area (Å²) in [6.07, 6.45) is 12.8. The first-order valence-electron chi connectivity index (χ1n) is 6.57. The molecule has 0 aliphatic heterocycles. The zero-order valence-corrected chi connectivity index (χ0v) is 8.65. The van der Waals surface area contributed by atoms with Crippen molar-refractivity contribution in [2.75, 3.05) is 0 Å². The number of fused-ring (bicyclic) bond motifs is 3. The molecule has 5 aliphatic rings. The lowest BCUT2D eigenvalue weighted by Crippen LogP contribution is -2.60. The number of hydrogen-bond acceptors (Lipinski definition) is 0. The Balaban J connectivity index is 1.39. The Morgan fingerprint density at radius 1 is 1.00 bits per heavy atom. The minimum absolute atomic E-state index is 0.923. The van der Waals surface area contributed by atoms with E-state index in [0.29, 0.717) is 0 Å². The third-order valence-corrected chi connectivity index (χ3v) is 6.53. The van der Waals surface area contributed by atoms with Gasteiger partial charge in [0.25, 0.3) is 0 Å². The van der Waals surface area contributed by atoms with Crippen LogP contribution in [0.4, 0.5) is 0 Å². The smallest absolute Gasteiger partial charge is 0.00529 e. The van der Waals surface area contributed by atoms with E-state index >= 15 is 0 Å². The standard InChI is InChI=1S/C14H18/c1-2-8(1)3-4-14-7-13(14)11-5-10-9(11)6-12(10)14/h1-2,8-13H,3-7H2. The van der Waals surface area contributed by atoms with Gasteiger partial charge in [-0.2, -0.15) is 0 Å². The molecule has 5 rings (SSSR count). The first-order valence-corrected chi connectivity index (χ1v) is 6.57. The van der Waals surface area contributed by atoms with Gasteiger partial charge < -0.3 is 0 Å². The van der Waals surface area contributed by atoms with E-state index in [9.17, 15) is 0 Å². The molecule has 6 unspecified atom stereocenters. The van der Waals surface area contributed by atoms with E-state index in [-0.39, 0.29) is 0 Å². The van der Waals surface area contributed by atoms with Crippen molar-refractivity contribution in [1.82, 2.24) is 0 Å². The average Bonchev–Trinajstić information content (AvgIpc) is 2.99. The Bertz CT molecular complexity index is 336. The molecule has 0 aromatic carbocycles. The highest BCUT2D eigenvalue weighted by molar-refractivity contribution is 5.26.